The molecule has 0 amide bonds. The van der Waals surface area contributed by atoms with Gasteiger partial charge >= 0.3 is 0 Å². The molecular weight excluding hydrogens is 201 g/mol. The van der Waals surface area contributed by atoms with E-state index in [9.17, 15) is 4.39 Å². The molecule has 0 aromatic heterocycles. The molecule has 0 bridgehead atoms. The third-order valence-electron chi connectivity index (χ3n) is 3.57. The molecule has 2 heteroatoms. The monoisotopic (exact) mass is 221 g/mol. The van der Waals surface area contributed by atoms with Gasteiger partial charge in [-0.2, -0.15) is 0 Å². The Morgan fingerprint density at radius 2 is 2.00 bits per heavy atom. The van der Waals surface area contributed by atoms with Crippen molar-refractivity contribution in [2.75, 3.05) is 5.32 Å². The van der Waals surface area contributed by atoms with Crippen molar-refractivity contribution in [2.24, 2.45) is 5.92 Å². The van der Waals surface area contributed by atoms with Crippen molar-refractivity contribution in [3.8, 4) is 0 Å². The zero-order valence-corrected chi connectivity index (χ0v) is 10.1. The summed E-state index contributed by atoms with van der Waals surface area (Å²) in [6, 6.07) is 5.69. The lowest BCUT2D eigenvalue weighted by molar-refractivity contribution is 0.348. The van der Waals surface area contributed by atoms with Crippen molar-refractivity contribution in [1.29, 1.82) is 0 Å². The number of anilines is 1. The number of rotatable bonds is 2. The fraction of sp³-hybridized carbons (Fsp3) is 0.571. The molecule has 16 heavy (non-hydrogen) atoms. The van der Waals surface area contributed by atoms with Gasteiger partial charge in [0.05, 0.1) is 5.69 Å². The Kier molecular flexibility index (Phi) is 3.47. The van der Waals surface area contributed by atoms with Gasteiger partial charge in [0.1, 0.15) is 5.82 Å². The van der Waals surface area contributed by atoms with E-state index < -0.39 is 0 Å². The van der Waals surface area contributed by atoms with Crippen molar-refractivity contribution in [1.82, 2.24) is 0 Å². The van der Waals surface area contributed by atoms with E-state index in [0.29, 0.717) is 17.6 Å². The standard InChI is InChI=1S/C14H20FN/c1-10-7-8-12(15)14(9-10)16-13-6-4-3-5-11(13)2/h7-9,11,13,16H,3-6H2,1-2H3. The largest absolute Gasteiger partial charge is 0.380 e. The minimum atomic E-state index is -0.136. The zero-order valence-electron chi connectivity index (χ0n) is 10.1. The first-order chi connectivity index (χ1) is 7.66. The summed E-state index contributed by atoms with van der Waals surface area (Å²) in [5.41, 5.74) is 1.77. The zero-order chi connectivity index (χ0) is 11.5. The first-order valence-corrected chi connectivity index (χ1v) is 6.19. The van der Waals surface area contributed by atoms with Gasteiger partial charge in [0.2, 0.25) is 0 Å². The summed E-state index contributed by atoms with van der Waals surface area (Å²) >= 11 is 0. The van der Waals surface area contributed by atoms with E-state index in [0.717, 1.165) is 12.0 Å². The summed E-state index contributed by atoms with van der Waals surface area (Å²) in [6.45, 7) is 4.25. The van der Waals surface area contributed by atoms with Crippen LogP contribution in [0.5, 0.6) is 0 Å². The first kappa shape index (κ1) is 11.4. The van der Waals surface area contributed by atoms with Gasteiger partial charge in [-0.05, 0) is 43.4 Å². The van der Waals surface area contributed by atoms with Crippen molar-refractivity contribution in [3.63, 3.8) is 0 Å². The molecule has 1 aromatic carbocycles. The second kappa shape index (κ2) is 4.86. The summed E-state index contributed by atoms with van der Waals surface area (Å²) in [7, 11) is 0. The summed E-state index contributed by atoms with van der Waals surface area (Å²) in [4.78, 5) is 0. The molecule has 0 aliphatic heterocycles. The molecule has 1 saturated carbocycles. The van der Waals surface area contributed by atoms with Gasteiger partial charge in [-0.25, -0.2) is 4.39 Å². The fourth-order valence-electron chi connectivity index (χ4n) is 2.48. The van der Waals surface area contributed by atoms with Crippen LogP contribution in [0, 0.1) is 18.7 Å². The van der Waals surface area contributed by atoms with Crippen molar-refractivity contribution in [3.05, 3.63) is 29.6 Å². The van der Waals surface area contributed by atoms with E-state index in [1.165, 1.54) is 19.3 Å². The maximum absolute atomic E-state index is 13.6. The summed E-state index contributed by atoms with van der Waals surface area (Å²) < 4.78 is 13.6. The van der Waals surface area contributed by atoms with Crippen molar-refractivity contribution < 1.29 is 4.39 Å². The van der Waals surface area contributed by atoms with Gasteiger partial charge in [-0.3, -0.25) is 0 Å². The lowest BCUT2D eigenvalue weighted by Crippen LogP contribution is -2.30. The minimum absolute atomic E-state index is 0.136. The third kappa shape index (κ3) is 2.55. The quantitative estimate of drug-likeness (QED) is 0.792. The fourth-order valence-corrected chi connectivity index (χ4v) is 2.48. The summed E-state index contributed by atoms with van der Waals surface area (Å²) in [5.74, 6) is 0.511. The van der Waals surface area contributed by atoms with E-state index >= 15 is 0 Å². The molecule has 2 atom stereocenters. The van der Waals surface area contributed by atoms with Gasteiger partial charge in [0.15, 0.2) is 0 Å². The highest BCUT2D eigenvalue weighted by molar-refractivity contribution is 5.48. The van der Waals surface area contributed by atoms with Crippen LogP contribution in [0.3, 0.4) is 0 Å². The number of benzene rings is 1. The van der Waals surface area contributed by atoms with Crippen LogP contribution in [-0.4, -0.2) is 6.04 Å². The number of hydrogen-bond donors (Lipinski definition) is 1. The second-order valence-corrected chi connectivity index (χ2v) is 5.00. The topological polar surface area (TPSA) is 12.0 Å². The molecule has 0 heterocycles. The van der Waals surface area contributed by atoms with Gasteiger partial charge in [-0.15, -0.1) is 0 Å². The molecule has 0 saturated heterocycles. The van der Waals surface area contributed by atoms with Crippen LogP contribution < -0.4 is 5.32 Å². The normalized spacial score (nSPS) is 25.4. The molecule has 1 fully saturated rings. The van der Waals surface area contributed by atoms with Gasteiger partial charge in [0.25, 0.3) is 0 Å². The Balaban J connectivity index is 2.10. The number of hydrogen-bond acceptors (Lipinski definition) is 1. The van der Waals surface area contributed by atoms with E-state index in [2.05, 4.69) is 12.2 Å². The van der Waals surface area contributed by atoms with Crippen LogP contribution in [-0.2, 0) is 0 Å². The summed E-state index contributed by atoms with van der Waals surface area (Å²) in [6.07, 6.45) is 4.99. The summed E-state index contributed by atoms with van der Waals surface area (Å²) in [5, 5.41) is 3.36. The van der Waals surface area contributed by atoms with Crippen molar-refractivity contribution in [2.45, 2.75) is 45.6 Å². The number of aryl methyl sites for hydroxylation is 1. The van der Waals surface area contributed by atoms with Gasteiger partial charge in [0, 0.05) is 6.04 Å². The molecule has 1 N–H and O–H groups in total. The van der Waals surface area contributed by atoms with Crippen LogP contribution in [0.1, 0.15) is 38.2 Å². The molecule has 0 spiro atoms. The predicted molar refractivity (Wildman–Crippen MR) is 66.2 cm³/mol. The van der Waals surface area contributed by atoms with Crippen LogP contribution in [0.4, 0.5) is 10.1 Å². The predicted octanol–water partition coefficient (Wildman–Crippen LogP) is 4.12. The highest BCUT2D eigenvalue weighted by atomic mass is 19.1. The Morgan fingerprint density at radius 3 is 2.75 bits per heavy atom. The molecule has 2 rings (SSSR count). The molecular formula is C14H20FN. The average Bonchev–Trinajstić information content (AvgIpc) is 2.27. The Labute approximate surface area is 97.1 Å². The number of nitrogens with one attached hydrogen (secondary N) is 1. The molecule has 88 valence electrons. The van der Waals surface area contributed by atoms with Gasteiger partial charge in [-0.1, -0.05) is 25.8 Å². The SMILES string of the molecule is Cc1ccc(F)c(NC2CCCCC2C)c1. The van der Waals surface area contributed by atoms with Gasteiger partial charge < -0.3 is 5.32 Å². The molecule has 1 aromatic rings. The smallest absolute Gasteiger partial charge is 0.146 e. The average molecular weight is 221 g/mol. The van der Waals surface area contributed by atoms with E-state index in [4.69, 9.17) is 0 Å². The Bertz CT molecular complexity index is 362. The Hall–Kier alpha value is -1.05. The maximum Gasteiger partial charge on any atom is 0.146 e. The first-order valence-electron chi connectivity index (χ1n) is 6.19. The molecule has 1 nitrogen and oxygen atoms in total. The minimum Gasteiger partial charge on any atom is -0.380 e. The van der Waals surface area contributed by atoms with Crippen LogP contribution in [0.25, 0.3) is 0 Å². The highest BCUT2D eigenvalue weighted by Gasteiger charge is 2.21. The molecule has 2 unspecified atom stereocenters. The lowest BCUT2D eigenvalue weighted by atomic mass is 9.86. The van der Waals surface area contributed by atoms with Crippen LogP contribution in [0.15, 0.2) is 18.2 Å². The lowest BCUT2D eigenvalue weighted by Gasteiger charge is -2.30. The second-order valence-electron chi connectivity index (χ2n) is 5.00. The van der Waals surface area contributed by atoms with E-state index in [1.807, 2.05) is 19.1 Å². The van der Waals surface area contributed by atoms with E-state index in [1.54, 1.807) is 6.07 Å². The highest BCUT2D eigenvalue weighted by Crippen LogP contribution is 2.28. The number of halogens is 1. The van der Waals surface area contributed by atoms with E-state index in [-0.39, 0.29) is 5.82 Å². The van der Waals surface area contributed by atoms with Crippen molar-refractivity contribution >= 4 is 5.69 Å². The third-order valence-corrected chi connectivity index (χ3v) is 3.57. The van der Waals surface area contributed by atoms with Crippen LogP contribution in [0.2, 0.25) is 0 Å². The molecule has 1 aliphatic rings. The van der Waals surface area contributed by atoms with Crippen LogP contribution >= 0.6 is 0 Å². The Morgan fingerprint density at radius 1 is 1.25 bits per heavy atom. The molecule has 0 radical (unpaired) electrons. The molecule has 1 aliphatic carbocycles. The maximum atomic E-state index is 13.6.